The molecule has 28 heavy (non-hydrogen) atoms. The van der Waals surface area contributed by atoms with Crippen LogP contribution in [0.2, 0.25) is 0 Å². The van der Waals surface area contributed by atoms with Crippen LogP contribution in [0.5, 0.6) is 11.5 Å². The highest BCUT2D eigenvalue weighted by Crippen LogP contribution is 2.28. The van der Waals surface area contributed by atoms with E-state index in [0.29, 0.717) is 12.3 Å². The average molecular weight is 394 g/mol. The van der Waals surface area contributed by atoms with E-state index in [4.69, 9.17) is 9.47 Å². The third-order valence-corrected chi connectivity index (χ3v) is 5.63. The number of aromatic nitrogens is 1. The summed E-state index contributed by atoms with van der Waals surface area (Å²) in [6.07, 6.45) is 2.16. The van der Waals surface area contributed by atoms with E-state index in [1.165, 1.54) is 11.3 Å². The molecule has 0 aliphatic carbocycles. The van der Waals surface area contributed by atoms with Crippen molar-refractivity contribution in [2.24, 2.45) is 0 Å². The molecule has 0 unspecified atom stereocenters. The first-order chi connectivity index (χ1) is 13.7. The van der Waals surface area contributed by atoms with Gasteiger partial charge in [-0.1, -0.05) is 24.3 Å². The van der Waals surface area contributed by atoms with E-state index in [1.807, 2.05) is 58.8 Å². The zero-order valence-corrected chi connectivity index (χ0v) is 16.6. The number of likely N-dealkylation sites (tertiary alicyclic amines) is 1. The molecule has 3 aromatic rings. The maximum absolute atomic E-state index is 12.5. The largest absolute Gasteiger partial charge is 0.497 e. The number of carbonyl (C=O) groups excluding carboxylic acids is 1. The zero-order valence-electron chi connectivity index (χ0n) is 15.8. The maximum Gasteiger partial charge on any atom is 0.273 e. The Morgan fingerprint density at radius 2 is 1.89 bits per heavy atom. The summed E-state index contributed by atoms with van der Waals surface area (Å²) in [6.45, 7) is 2.12. The first-order valence-corrected chi connectivity index (χ1v) is 10.2. The maximum atomic E-state index is 12.5. The van der Waals surface area contributed by atoms with E-state index < -0.39 is 0 Å². The summed E-state index contributed by atoms with van der Waals surface area (Å²) in [5, 5.41) is 2.68. The Morgan fingerprint density at radius 3 is 2.71 bits per heavy atom. The molecule has 2 heterocycles. The molecule has 5 nitrogen and oxygen atoms in total. The van der Waals surface area contributed by atoms with Crippen LogP contribution < -0.4 is 9.47 Å². The summed E-state index contributed by atoms with van der Waals surface area (Å²) < 4.78 is 11.2. The summed E-state index contributed by atoms with van der Waals surface area (Å²) in [4.78, 5) is 18.9. The van der Waals surface area contributed by atoms with Gasteiger partial charge in [0.2, 0.25) is 0 Å². The highest BCUT2D eigenvalue weighted by Gasteiger charge is 2.22. The minimum absolute atomic E-state index is 0.0328. The van der Waals surface area contributed by atoms with Crippen LogP contribution in [0.4, 0.5) is 0 Å². The predicted octanol–water partition coefficient (Wildman–Crippen LogP) is 4.63. The fourth-order valence-corrected chi connectivity index (χ4v) is 4.03. The van der Waals surface area contributed by atoms with Crippen molar-refractivity contribution in [3.8, 4) is 22.1 Å². The fraction of sp³-hybridized carbons (Fsp3) is 0.273. The Balaban J connectivity index is 1.45. The minimum Gasteiger partial charge on any atom is -0.497 e. The third kappa shape index (κ3) is 4.17. The van der Waals surface area contributed by atoms with Crippen LogP contribution in [0.25, 0.3) is 10.6 Å². The smallest absolute Gasteiger partial charge is 0.273 e. The first-order valence-electron chi connectivity index (χ1n) is 9.34. The lowest BCUT2D eigenvalue weighted by molar-refractivity contribution is 0.0788. The highest BCUT2D eigenvalue weighted by molar-refractivity contribution is 7.13. The molecule has 1 aromatic heterocycles. The van der Waals surface area contributed by atoms with Crippen molar-refractivity contribution in [3.05, 3.63) is 65.2 Å². The number of nitrogens with zero attached hydrogens (tertiary/aromatic N) is 2. The lowest BCUT2D eigenvalue weighted by Gasteiger charge is -2.12. The molecule has 4 rings (SSSR count). The van der Waals surface area contributed by atoms with Crippen molar-refractivity contribution >= 4 is 17.2 Å². The lowest BCUT2D eigenvalue weighted by atomic mass is 10.2. The van der Waals surface area contributed by atoms with Gasteiger partial charge in [-0.05, 0) is 42.7 Å². The monoisotopic (exact) mass is 394 g/mol. The number of hydrogen-bond donors (Lipinski definition) is 0. The highest BCUT2D eigenvalue weighted by atomic mass is 32.1. The second-order valence-electron chi connectivity index (χ2n) is 6.71. The van der Waals surface area contributed by atoms with Gasteiger partial charge in [0.25, 0.3) is 5.91 Å². The predicted molar refractivity (Wildman–Crippen MR) is 110 cm³/mol. The van der Waals surface area contributed by atoms with Crippen LogP contribution in [0.1, 0.15) is 28.9 Å². The van der Waals surface area contributed by atoms with Crippen LogP contribution in [-0.4, -0.2) is 36.0 Å². The van der Waals surface area contributed by atoms with E-state index in [9.17, 15) is 4.79 Å². The van der Waals surface area contributed by atoms with Crippen LogP contribution in [0, 0.1) is 0 Å². The number of ether oxygens (including phenoxy) is 2. The third-order valence-electron chi connectivity index (χ3n) is 4.74. The van der Waals surface area contributed by atoms with Crippen molar-refractivity contribution in [2.75, 3.05) is 20.2 Å². The van der Waals surface area contributed by atoms with E-state index in [1.54, 1.807) is 7.11 Å². The van der Waals surface area contributed by atoms with E-state index in [2.05, 4.69) is 4.98 Å². The lowest BCUT2D eigenvalue weighted by Crippen LogP contribution is -2.27. The number of thiazole rings is 1. The molecule has 144 valence electrons. The second-order valence-corrected chi connectivity index (χ2v) is 7.56. The molecular formula is C22H22N2O3S. The van der Waals surface area contributed by atoms with Gasteiger partial charge in [0.05, 0.1) is 7.11 Å². The minimum atomic E-state index is 0.0328. The Morgan fingerprint density at radius 1 is 1.11 bits per heavy atom. The van der Waals surface area contributed by atoms with Gasteiger partial charge in [-0.15, -0.1) is 11.3 Å². The van der Waals surface area contributed by atoms with Crippen molar-refractivity contribution < 1.29 is 14.3 Å². The van der Waals surface area contributed by atoms with Gasteiger partial charge in [0.15, 0.2) is 0 Å². The standard InChI is InChI=1S/C22H22N2O3S/c1-26-18-8-4-6-16(12-18)14-27-19-9-5-7-17(13-19)21-23-20(15-28-21)22(25)24-10-2-3-11-24/h4-9,12-13,15H,2-3,10-11,14H2,1H3. The normalized spacial score (nSPS) is 13.5. The summed E-state index contributed by atoms with van der Waals surface area (Å²) in [7, 11) is 1.65. The van der Waals surface area contributed by atoms with Crippen LogP contribution in [0.15, 0.2) is 53.9 Å². The summed E-state index contributed by atoms with van der Waals surface area (Å²) in [5.74, 6) is 1.61. The van der Waals surface area contributed by atoms with Gasteiger partial charge in [-0.3, -0.25) is 4.79 Å². The number of rotatable bonds is 6. The van der Waals surface area contributed by atoms with E-state index >= 15 is 0 Å². The molecule has 0 atom stereocenters. The van der Waals surface area contributed by atoms with Crippen molar-refractivity contribution in [2.45, 2.75) is 19.4 Å². The van der Waals surface area contributed by atoms with Crippen LogP contribution in [0.3, 0.4) is 0 Å². The van der Waals surface area contributed by atoms with Crippen LogP contribution >= 0.6 is 11.3 Å². The molecule has 0 saturated carbocycles. The molecule has 1 saturated heterocycles. The van der Waals surface area contributed by atoms with Crippen molar-refractivity contribution in [1.82, 2.24) is 9.88 Å². The van der Waals surface area contributed by atoms with E-state index in [-0.39, 0.29) is 5.91 Å². The average Bonchev–Trinajstić information content (AvgIpc) is 3.44. The summed E-state index contributed by atoms with van der Waals surface area (Å²) >= 11 is 1.49. The first kappa shape index (κ1) is 18.5. The van der Waals surface area contributed by atoms with Gasteiger partial charge in [0.1, 0.15) is 28.8 Å². The van der Waals surface area contributed by atoms with Gasteiger partial charge in [-0.25, -0.2) is 4.98 Å². The topological polar surface area (TPSA) is 51.7 Å². The molecule has 0 bridgehead atoms. The molecule has 1 amide bonds. The van der Waals surface area contributed by atoms with Crippen LogP contribution in [-0.2, 0) is 6.61 Å². The van der Waals surface area contributed by atoms with Crippen molar-refractivity contribution in [1.29, 1.82) is 0 Å². The Hall–Kier alpha value is -2.86. The Bertz CT molecular complexity index is 964. The number of amides is 1. The molecule has 1 fully saturated rings. The molecule has 1 aliphatic rings. The molecular weight excluding hydrogens is 372 g/mol. The number of methoxy groups -OCH3 is 1. The fourth-order valence-electron chi connectivity index (χ4n) is 3.23. The Labute approximate surface area is 168 Å². The zero-order chi connectivity index (χ0) is 19.3. The number of hydrogen-bond acceptors (Lipinski definition) is 5. The van der Waals surface area contributed by atoms with Gasteiger partial charge in [-0.2, -0.15) is 0 Å². The van der Waals surface area contributed by atoms with Gasteiger partial charge < -0.3 is 14.4 Å². The molecule has 1 aliphatic heterocycles. The van der Waals surface area contributed by atoms with Gasteiger partial charge in [0, 0.05) is 24.0 Å². The number of benzene rings is 2. The molecule has 6 heteroatoms. The SMILES string of the molecule is COc1cccc(COc2cccc(-c3nc(C(=O)N4CCCC4)cs3)c2)c1. The molecule has 0 radical (unpaired) electrons. The second kappa shape index (κ2) is 8.44. The molecule has 0 spiro atoms. The quantitative estimate of drug-likeness (QED) is 0.611. The Kier molecular flexibility index (Phi) is 5.58. The van der Waals surface area contributed by atoms with Gasteiger partial charge >= 0.3 is 0 Å². The summed E-state index contributed by atoms with van der Waals surface area (Å²) in [5.41, 5.74) is 2.52. The molecule has 2 aromatic carbocycles. The van der Waals surface area contributed by atoms with E-state index in [0.717, 1.165) is 53.6 Å². The molecule has 0 N–H and O–H groups in total. The number of carbonyl (C=O) groups is 1. The van der Waals surface area contributed by atoms with Crippen molar-refractivity contribution in [3.63, 3.8) is 0 Å². The summed E-state index contributed by atoms with van der Waals surface area (Å²) in [6, 6.07) is 15.6.